The molecule has 0 bridgehead atoms. The van der Waals surface area contributed by atoms with E-state index in [4.69, 9.17) is 0 Å². The van der Waals surface area contributed by atoms with Gasteiger partial charge in [0.1, 0.15) is 0 Å². The highest BCUT2D eigenvalue weighted by atomic mass is 16.5. The minimum Gasteiger partial charge on any atom is -0.459 e. The van der Waals surface area contributed by atoms with Crippen molar-refractivity contribution in [2.75, 3.05) is 6.61 Å². The largest absolute Gasteiger partial charge is 0.459 e. The van der Waals surface area contributed by atoms with Crippen molar-refractivity contribution in [2.45, 2.75) is 20.8 Å². The van der Waals surface area contributed by atoms with Gasteiger partial charge in [0.15, 0.2) is 5.78 Å². The van der Waals surface area contributed by atoms with Crippen LogP contribution in [-0.4, -0.2) is 24.3 Å². The highest BCUT2D eigenvalue weighted by molar-refractivity contribution is 6.32. The molecule has 5 heteroatoms. The minimum atomic E-state index is -0.955. The fraction of sp³-hybridized carbons (Fsp3) is 0.444. The maximum Gasteiger partial charge on any atom is 0.397 e. The van der Waals surface area contributed by atoms with E-state index in [2.05, 4.69) is 10.1 Å². The van der Waals surface area contributed by atoms with Gasteiger partial charge in [0, 0.05) is 5.70 Å². The SMILES string of the molecule is CCOC(=O)C(=O)NC(C)=CC(C)=O. The van der Waals surface area contributed by atoms with E-state index in [0.29, 0.717) is 5.70 Å². The summed E-state index contributed by atoms with van der Waals surface area (Å²) < 4.78 is 4.45. The Bertz CT molecular complexity index is 281. The molecule has 0 unspecified atom stereocenters. The van der Waals surface area contributed by atoms with Crippen LogP contribution in [0.4, 0.5) is 0 Å². The third-order valence-electron chi connectivity index (χ3n) is 1.19. The van der Waals surface area contributed by atoms with E-state index in [1.807, 2.05) is 0 Å². The van der Waals surface area contributed by atoms with Crippen molar-refractivity contribution in [3.05, 3.63) is 11.8 Å². The normalized spacial score (nSPS) is 10.6. The van der Waals surface area contributed by atoms with Crippen LogP contribution in [0.3, 0.4) is 0 Å². The Balaban J connectivity index is 4.19. The summed E-state index contributed by atoms with van der Waals surface area (Å²) in [6.45, 7) is 4.60. The molecule has 0 aliphatic heterocycles. The molecule has 78 valence electrons. The van der Waals surface area contributed by atoms with Crippen molar-refractivity contribution < 1.29 is 19.1 Å². The van der Waals surface area contributed by atoms with Gasteiger partial charge in [-0.05, 0) is 26.8 Å². The van der Waals surface area contributed by atoms with Crippen LogP contribution in [0.2, 0.25) is 0 Å². The van der Waals surface area contributed by atoms with Gasteiger partial charge in [0.05, 0.1) is 6.61 Å². The molecule has 0 rings (SSSR count). The Kier molecular flexibility index (Phi) is 5.21. The van der Waals surface area contributed by atoms with Crippen LogP contribution in [0.25, 0.3) is 0 Å². The summed E-state index contributed by atoms with van der Waals surface area (Å²) in [4.78, 5) is 32.4. The Morgan fingerprint density at radius 3 is 2.29 bits per heavy atom. The molecular formula is C9H13NO4. The molecule has 0 saturated heterocycles. The molecule has 0 atom stereocenters. The Morgan fingerprint density at radius 1 is 1.29 bits per heavy atom. The lowest BCUT2D eigenvalue weighted by atomic mass is 10.3. The number of carbonyl (C=O) groups is 3. The summed E-state index contributed by atoms with van der Waals surface area (Å²) in [6.07, 6.45) is 1.22. The summed E-state index contributed by atoms with van der Waals surface area (Å²) in [5, 5.41) is 2.22. The van der Waals surface area contributed by atoms with Crippen LogP contribution in [0.5, 0.6) is 0 Å². The second-order valence-corrected chi connectivity index (χ2v) is 2.61. The number of rotatable bonds is 3. The monoisotopic (exact) mass is 199 g/mol. The van der Waals surface area contributed by atoms with Crippen molar-refractivity contribution in [1.29, 1.82) is 0 Å². The van der Waals surface area contributed by atoms with Gasteiger partial charge in [-0.3, -0.25) is 9.59 Å². The van der Waals surface area contributed by atoms with Gasteiger partial charge in [0.2, 0.25) is 0 Å². The molecule has 0 aliphatic carbocycles. The topological polar surface area (TPSA) is 72.5 Å². The lowest BCUT2D eigenvalue weighted by Crippen LogP contribution is -2.31. The third kappa shape index (κ3) is 5.08. The molecule has 1 amide bonds. The smallest absolute Gasteiger partial charge is 0.397 e. The highest BCUT2D eigenvalue weighted by Crippen LogP contribution is 1.88. The molecule has 14 heavy (non-hydrogen) atoms. The lowest BCUT2D eigenvalue weighted by Gasteiger charge is -2.03. The molecule has 0 saturated carbocycles. The Labute approximate surface area is 82.1 Å². The van der Waals surface area contributed by atoms with Crippen LogP contribution in [0, 0.1) is 0 Å². The van der Waals surface area contributed by atoms with Gasteiger partial charge in [0.25, 0.3) is 0 Å². The number of amides is 1. The van der Waals surface area contributed by atoms with Crippen molar-refractivity contribution in [3.63, 3.8) is 0 Å². The van der Waals surface area contributed by atoms with E-state index in [-0.39, 0.29) is 12.4 Å². The molecule has 5 nitrogen and oxygen atoms in total. The summed E-state index contributed by atoms with van der Waals surface area (Å²) >= 11 is 0. The Morgan fingerprint density at radius 2 is 1.86 bits per heavy atom. The first-order valence-corrected chi connectivity index (χ1v) is 4.14. The van der Waals surface area contributed by atoms with Gasteiger partial charge >= 0.3 is 11.9 Å². The number of hydrogen-bond donors (Lipinski definition) is 1. The number of nitrogens with one attached hydrogen (secondary N) is 1. The van der Waals surface area contributed by atoms with Crippen molar-refractivity contribution in [3.8, 4) is 0 Å². The molecule has 0 aromatic carbocycles. The molecule has 0 aliphatic rings. The van der Waals surface area contributed by atoms with Crippen molar-refractivity contribution in [2.24, 2.45) is 0 Å². The second-order valence-electron chi connectivity index (χ2n) is 2.61. The molecule has 1 N–H and O–H groups in total. The molecule has 0 radical (unpaired) electrons. The predicted molar refractivity (Wildman–Crippen MR) is 49.2 cm³/mol. The third-order valence-corrected chi connectivity index (χ3v) is 1.19. The van der Waals surface area contributed by atoms with Crippen LogP contribution in [0.15, 0.2) is 11.8 Å². The average molecular weight is 199 g/mol. The minimum absolute atomic E-state index is 0.141. The van der Waals surface area contributed by atoms with Gasteiger partial charge in [-0.1, -0.05) is 0 Å². The highest BCUT2D eigenvalue weighted by Gasteiger charge is 2.14. The summed E-state index contributed by atoms with van der Waals surface area (Å²) in [6, 6.07) is 0. The first kappa shape index (κ1) is 12.3. The van der Waals surface area contributed by atoms with Crippen LogP contribution < -0.4 is 5.32 Å². The number of carbonyl (C=O) groups excluding carboxylic acids is 3. The van der Waals surface area contributed by atoms with Crippen LogP contribution >= 0.6 is 0 Å². The number of ether oxygens (including phenoxy) is 1. The average Bonchev–Trinajstić information content (AvgIpc) is 2.02. The van der Waals surface area contributed by atoms with E-state index in [9.17, 15) is 14.4 Å². The molecule has 0 spiro atoms. The maximum atomic E-state index is 11.0. The van der Waals surface area contributed by atoms with Gasteiger partial charge in [-0.25, -0.2) is 4.79 Å². The zero-order valence-electron chi connectivity index (χ0n) is 8.42. The molecule has 0 aromatic rings. The molecular weight excluding hydrogens is 186 g/mol. The van der Waals surface area contributed by atoms with Crippen LogP contribution in [-0.2, 0) is 19.1 Å². The van der Waals surface area contributed by atoms with E-state index >= 15 is 0 Å². The fourth-order valence-electron chi connectivity index (χ4n) is 0.768. The predicted octanol–water partition coefficient (Wildman–Crippen LogP) is 0.159. The summed E-state index contributed by atoms with van der Waals surface area (Å²) in [5.41, 5.74) is 0.315. The zero-order chi connectivity index (χ0) is 11.1. The Hall–Kier alpha value is -1.65. The standard InChI is InChI=1S/C9H13NO4/c1-4-14-9(13)8(12)10-6(2)5-7(3)11/h5H,4H2,1-3H3,(H,10,12). The maximum absolute atomic E-state index is 11.0. The molecule has 0 heterocycles. The van der Waals surface area contributed by atoms with Gasteiger partial charge in [-0.2, -0.15) is 0 Å². The first-order valence-electron chi connectivity index (χ1n) is 4.14. The van der Waals surface area contributed by atoms with Crippen LogP contribution in [0.1, 0.15) is 20.8 Å². The van der Waals surface area contributed by atoms with Crippen molar-refractivity contribution >= 4 is 17.7 Å². The van der Waals surface area contributed by atoms with E-state index < -0.39 is 11.9 Å². The number of hydrogen-bond acceptors (Lipinski definition) is 4. The lowest BCUT2D eigenvalue weighted by molar-refractivity contribution is -0.154. The summed E-state index contributed by atoms with van der Waals surface area (Å²) in [7, 11) is 0. The van der Waals surface area contributed by atoms with E-state index in [0.717, 1.165) is 0 Å². The number of ketones is 1. The number of esters is 1. The number of allylic oxidation sites excluding steroid dienone is 2. The van der Waals surface area contributed by atoms with E-state index in [1.54, 1.807) is 6.92 Å². The summed E-state index contributed by atoms with van der Waals surface area (Å²) in [5.74, 6) is -2.03. The van der Waals surface area contributed by atoms with E-state index in [1.165, 1.54) is 19.9 Å². The second kappa shape index (κ2) is 5.90. The fourth-order valence-corrected chi connectivity index (χ4v) is 0.768. The van der Waals surface area contributed by atoms with Gasteiger partial charge < -0.3 is 10.1 Å². The van der Waals surface area contributed by atoms with Crippen molar-refractivity contribution in [1.82, 2.24) is 5.32 Å². The van der Waals surface area contributed by atoms with Gasteiger partial charge in [-0.15, -0.1) is 0 Å². The molecule has 0 fully saturated rings. The quantitative estimate of drug-likeness (QED) is 0.399. The first-order chi connectivity index (χ1) is 6.47. The molecule has 0 aromatic heterocycles. The zero-order valence-corrected chi connectivity index (χ0v) is 8.42.